The molecule has 1 aromatic carbocycles. The molecule has 3 rings (SSSR count). The second-order valence-corrected chi connectivity index (χ2v) is 7.23. The van der Waals surface area contributed by atoms with E-state index in [4.69, 9.17) is 5.11 Å². The predicted molar refractivity (Wildman–Crippen MR) is 104 cm³/mol. The zero-order valence-electron chi connectivity index (χ0n) is 15.6. The number of carboxylic acids is 1. The van der Waals surface area contributed by atoms with E-state index in [1.807, 2.05) is 18.7 Å². The molecule has 0 radical (unpaired) electrons. The third kappa shape index (κ3) is 4.65. The molecule has 0 saturated carbocycles. The van der Waals surface area contributed by atoms with Crippen LogP contribution in [0.3, 0.4) is 0 Å². The summed E-state index contributed by atoms with van der Waals surface area (Å²) >= 11 is 0. The van der Waals surface area contributed by atoms with Crippen LogP contribution >= 0.6 is 0 Å². The Morgan fingerprint density at radius 3 is 2.92 bits per heavy atom. The molecule has 2 heterocycles. The van der Waals surface area contributed by atoms with Crippen LogP contribution in [0.1, 0.15) is 56.1 Å². The minimum atomic E-state index is -0.732. The fraction of sp³-hybridized carbons (Fsp3) is 0.524. The van der Waals surface area contributed by atoms with E-state index in [0.29, 0.717) is 12.5 Å². The van der Waals surface area contributed by atoms with Gasteiger partial charge in [0.15, 0.2) is 0 Å². The lowest BCUT2D eigenvalue weighted by Gasteiger charge is -2.19. The van der Waals surface area contributed by atoms with Crippen LogP contribution < -0.4 is 4.90 Å². The van der Waals surface area contributed by atoms with Crippen LogP contribution in [0.15, 0.2) is 36.9 Å². The number of fused-ring (bicyclic) bond motifs is 1. The number of aryl methyl sites for hydroxylation is 2. The number of imidazole rings is 1. The van der Waals surface area contributed by atoms with Gasteiger partial charge in [0.05, 0.1) is 12.7 Å². The van der Waals surface area contributed by atoms with Crippen LogP contribution in [0.2, 0.25) is 0 Å². The first-order valence-electron chi connectivity index (χ1n) is 9.72. The van der Waals surface area contributed by atoms with Gasteiger partial charge < -0.3 is 14.6 Å². The van der Waals surface area contributed by atoms with E-state index in [0.717, 1.165) is 25.9 Å². The first-order valence-corrected chi connectivity index (χ1v) is 9.72. The second-order valence-electron chi connectivity index (χ2n) is 7.23. The molecule has 0 bridgehead atoms. The normalized spacial score (nSPS) is 16.0. The largest absolute Gasteiger partial charge is 0.481 e. The Hall–Kier alpha value is -2.30. The minimum Gasteiger partial charge on any atom is -0.481 e. The van der Waals surface area contributed by atoms with Gasteiger partial charge in [0, 0.05) is 43.6 Å². The summed E-state index contributed by atoms with van der Waals surface area (Å²) in [6, 6.07) is 6.79. The highest BCUT2D eigenvalue weighted by molar-refractivity contribution is 5.69. The summed E-state index contributed by atoms with van der Waals surface area (Å²) in [4.78, 5) is 17.4. The van der Waals surface area contributed by atoms with Gasteiger partial charge in [-0.15, -0.1) is 0 Å². The number of carboxylic acid groups (broad SMARTS) is 1. The predicted octanol–water partition coefficient (Wildman–Crippen LogP) is 4.08. The molecular weight excluding hydrogens is 326 g/mol. The van der Waals surface area contributed by atoms with E-state index in [1.165, 1.54) is 36.1 Å². The number of anilines is 1. The molecule has 1 aliphatic heterocycles. The fourth-order valence-electron chi connectivity index (χ4n) is 3.83. The summed E-state index contributed by atoms with van der Waals surface area (Å²) < 4.78 is 2.12. The zero-order chi connectivity index (χ0) is 18.4. The molecule has 0 spiro atoms. The molecule has 5 heteroatoms. The van der Waals surface area contributed by atoms with E-state index in [1.54, 1.807) is 0 Å². The van der Waals surface area contributed by atoms with Crippen molar-refractivity contribution in [1.29, 1.82) is 0 Å². The fourth-order valence-corrected chi connectivity index (χ4v) is 3.83. The number of nitrogens with zero attached hydrogens (tertiary/aromatic N) is 3. The highest BCUT2D eigenvalue weighted by Gasteiger charge is 2.28. The Morgan fingerprint density at radius 1 is 1.31 bits per heavy atom. The van der Waals surface area contributed by atoms with Gasteiger partial charge in [0.2, 0.25) is 0 Å². The molecule has 5 nitrogen and oxygen atoms in total. The van der Waals surface area contributed by atoms with Gasteiger partial charge in [-0.25, -0.2) is 4.98 Å². The maximum atomic E-state index is 11.0. The summed E-state index contributed by atoms with van der Waals surface area (Å²) in [7, 11) is 0. The number of unbranched alkanes of at least 4 members (excludes halogenated alkanes) is 2. The third-order valence-corrected chi connectivity index (χ3v) is 5.27. The number of hydrogen-bond acceptors (Lipinski definition) is 3. The van der Waals surface area contributed by atoms with Crippen molar-refractivity contribution < 1.29 is 9.90 Å². The van der Waals surface area contributed by atoms with E-state index >= 15 is 0 Å². The standard InChI is InChI=1S/C21H29N3O2/c1-2-3-4-5-17-6-7-20-19(14-17)18(8-11-23-13-10-22-16-23)15-24(20)12-9-21(25)26/h6-7,10,13-14,16,18H,2-5,8-9,11-12,15H2,1H3,(H,25,26). The monoisotopic (exact) mass is 355 g/mol. The Morgan fingerprint density at radius 2 is 2.19 bits per heavy atom. The number of benzene rings is 1. The molecule has 0 fully saturated rings. The van der Waals surface area contributed by atoms with Crippen molar-refractivity contribution in [3.8, 4) is 0 Å². The molecule has 0 aliphatic carbocycles. The quantitative estimate of drug-likeness (QED) is 0.652. The van der Waals surface area contributed by atoms with Crippen molar-refractivity contribution in [2.75, 3.05) is 18.0 Å². The van der Waals surface area contributed by atoms with Crippen molar-refractivity contribution in [1.82, 2.24) is 9.55 Å². The molecule has 2 aromatic rings. The first kappa shape index (κ1) is 18.5. The van der Waals surface area contributed by atoms with Gasteiger partial charge in [-0.2, -0.15) is 0 Å². The highest BCUT2D eigenvalue weighted by Crippen LogP contribution is 2.39. The summed E-state index contributed by atoms with van der Waals surface area (Å²) in [5.41, 5.74) is 4.02. The number of hydrogen-bond donors (Lipinski definition) is 1. The van der Waals surface area contributed by atoms with Crippen molar-refractivity contribution in [2.45, 2.75) is 57.9 Å². The smallest absolute Gasteiger partial charge is 0.305 e. The van der Waals surface area contributed by atoms with Gasteiger partial charge in [-0.3, -0.25) is 4.79 Å². The molecular formula is C21H29N3O2. The summed E-state index contributed by atoms with van der Waals surface area (Å²) in [6.45, 7) is 4.67. The molecule has 1 unspecified atom stereocenters. The van der Waals surface area contributed by atoms with Crippen LogP contribution in [0.5, 0.6) is 0 Å². The molecule has 26 heavy (non-hydrogen) atoms. The Kier molecular flexibility index (Phi) is 6.31. The topological polar surface area (TPSA) is 58.4 Å². The second kappa shape index (κ2) is 8.88. The summed E-state index contributed by atoms with van der Waals surface area (Å²) in [6.07, 6.45) is 11.8. The number of carbonyl (C=O) groups is 1. The third-order valence-electron chi connectivity index (χ3n) is 5.27. The highest BCUT2D eigenvalue weighted by atomic mass is 16.4. The molecule has 0 saturated heterocycles. The lowest BCUT2D eigenvalue weighted by atomic mass is 9.94. The van der Waals surface area contributed by atoms with E-state index in [9.17, 15) is 4.79 Å². The van der Waals surface area contributed by atoms with E-state index < -0.39 is 5.97 Å². The number of aromatic nitrogens is 2. The molecule has 1 aromatic heterocycles. The van der Waals surface area contributed by atoms with Crippen LogP contribution in [0, 0.1) is 0 Å². The molecule has 1 aliphatic rings. The maximum absolute atomic E-state index is 11.0. The summed E-state index contributed by atoms with van der Waals surface area (Å²) in [5, 5.41) is 9.04. The average molecular weight is 355 g/mol. The van der Waals surface area contributed by atoms with Crippen molar-refractivity contribution in [3.63, 3.8) is 0 Å². The lowest BCUT2D eigenvalue weighted by Crippen LogP contribution is -2.25. The molecule has 140 valence electrons. The maximum Gasteiger partial charge on any atom is 0.305 e. The van der Waals surface area contributed by atoms with Gasteiger partial charge in [-0.1, -0.05) is 31.9 Å². The lowest BCUT2D eigenvalue weighted by molar-refractivity contribution is -0.136. The Labute approximate surface area is 155 Å². The Bertz CT molecular complexity index is 712. The average Bonchev–Trinajstić information content (AvgIpc) is 3.26. The van der Waals surface area contributed by atoms with Crippen molar-refractivity contribution >= 4 is 11.7 Å². The van der Waals surface area contributed by atoms with Crippen molar-refractivity contribution in [2.24, 2.45) is 0 Å². The van der Waals surface area contributed by atoms with Gasteiger partial charge >= 0.3 is 5.97 Å². The van der Waals surface area contributed by atoms with E-state index in [-0.39, 0.29) is 6.42 Å². The SMILES string of the molecule is CCCCCc1ccc2c(c1)C(CCn1ccnc1)CN2CCC(=O)O. The first-order chi connectivity index (χ1) is 12.7. The molecule has 0 amide bonds. The minimum absolute atomic E-state index is 0.186. The summed E-state index contributed by atoms with van der Waals surface area (Å²) in [5.74, 6) is -0.281. The number of aliphatic carboxylic acids is 1. The van der Waals surface area contributed by atoms with Crippen LogP contribution in [-0.4, -0.2) is 33.7 Å². The molecule has 1 N–H and O–H groups in total. The van der Waals surface area contributed by atoms with Gasteiger partial charge in [-0.05, 0) is 36.5 Å². The molecule has 1 atom stereocenters. The van der Waals surface area contributed by atoms with Crippen LogP contribution in [0.25, 0.3) is 0 Å². The van der Waals surface area contributed by atoms with Crippen LogP contribution in [-0.2, 0) is 17.8 Å². The zero-order valence-corrected chi connectivity index (χ0v) is 15.6. The Balaban J connectivity index is 1.73. The van der Waals surface area contributed by atoms with Gasteiger partial charge in [0.25, 0.3) is 0 Å². The van der Waals surface area contributed by atoms with Crippen LogP contribution in [0.4, 0.5) is 5.69 Å². The van der Waals surface area contributed by atoms with Gasteiger partial charge in [0.1, 0.15) is 0 Å². The number of rotatable bonds is 10. The van der Waals surface area contributed by atoms with Crippen molar-refractivity contribution in [3.05, 3.63) is 48.0 Å². The van der Waals surface area contributed by atoms with E-state index in [2.05, 4.69) is 39.6 Å².